The Kier molecular flexibility index (Phi) is 15.9. The summed E-state index contributed by atoms with van der Waals surface area (Å²) in [6.45, 7) is 0.121. The van der Waals surface area contributed by atoms with E-state index < -0.39 is 49.8 Å². The zero-order valence-corrected chi connectivity index (χ0v) is 24.5. The molecule has 3 aromatic carbocycles. The SMILES string of the molecule is OC[C@@H](O)[C@@H](O)[C@H](O)[C@@H](O)CO.OC[C@H]1O[C@H](COCc2ccccc2)[C@@H](OCc2ccccc2)[C@@H]1OCc1ccccc1. The molecule has 1 heterocycles. The van der Waals surface area contributed by atoms with Crippen LogP contribution in [0.1, 0.15) is 16.7 Å². The van der Waals surface area contributed by atoms with Crippen molar-refractivity contribution in [3.8, 4) is 0 Å². The normalized spacial score (nSPS) is 22.4. The van der Waals surface area contributed by atoms with Crippen molar-refractivity contribution in [2.45, 2.75) is 68.7 Å². The Hall–Kier alpha value is -2.78. The summed E-state index contributed by atoms with van der Waals surface area (Å²) in [5.41, 5.74) is 3.24. The highest BCUT2D eigenvalue weighted by atomic mass is 16.6. The van der Waals surface area contributed by atoms with Crippen LogP contribution in [-0.2, 0) is 38.8 Å². The van der Waals surface area contributed by atoms with Crippen LogP contribution in [0.3, 0.4) is 0 Å². The van der Waals surface area contributed by atoms with Crippen LogP contribution in [0.2, 0.25) is 0 Å². The Morgan fingerprint density at radius 2 is 0.932 bits per heavy atom. The lowest BCUT2D eigenvalue weighted by Crippen LogP contribution is -2.46. The zero-order valence-electron chi connectivity index (χ0n) is 24.5. The molecule has 7 N–H and O–H groups in total. The van der Waals surface area contributed by atoms with E-state index in [1.165, 1.54) is 0 Å². The van der Waals surface area contributed by atoms with E-state index in [2.05, 4.69) is 0 Å². The van der Waals surface area contributed by atoms with Crippen LogP contribution in [0, 0.1) is 0 Å². The Labute approximate surface area is 257 Å². The molecular weight excluding hydrogens is 572 g/mol. The molecule has 0 bridgehead atoms. The van der Waals surface area contributed by atoms with Gasteiger partial charge in [-0.15, -0.1) is 0 Å². The molecule has 1 saturated heterocycles. The van der Waals surface area contributed by atoms with Crippen molar-refractivity contribution in [2.75, 3.05) is 26.4 Å². The molecule has 0 unspecified atom stereocenters. The second-order valence-electron chi connectivity index (χ2n) is 10.4. The highest BCUT2D eigenvalue weighted by Crippen LogP contribution is 2.29. The summed E-state index contributed by atoms with van der Waals surface area (Å²) in [6, 6.07) is 30.0. The topological polar surface area (TPSA) is 179 Å². The minimum Gasteiger partial charge on any atom is -0.394 e. The van der Waals surface area contributed by atoms with Gasteiger partial charge in [0.25, 0.3) is 0 Å². The summed E-state index contributed by atoms with van der Waals surface area (Å²) in [4.78, 5) is 0. The minimum absolute atomic E-state index is 0.139. The molecule has 11 heteroatoms. The first-order valence-electron chi connectivity index (χ1n) is 14.5. The number of hydrogen-bond acceptors (Lipinski definition) is 11. The molecular formula is C33H44O11. The molecule has 0 aliphatic carbocycles. The Balaban J connectivity index is 0.000000375. The smallest absolute Gasteiger partial charge is 0.115 e. The molecule has 0 spiro atoms. The van der Waals surface area contributed by atoms with Gasteiger partial charge in [-0.3, -0.25) is 0 Å². The van der Waals surface area contributed by atoms with E-state index in [4.69, 9.17) is 49.6 Å². The maximum Gasteiger partial charge on any atom is 0.115 e. The summed E-state index contributed by atoms with van der Waals surface area (Å²) in [5.74, 6) is 0. The van der Waals surface area contributed by atoms with Crippen LogP contribution >= 0.6 is 0 Å². The van der Waals surface area contributed by atoms with Crippen molar-refractivity contribution in [1.82, 2.24) is 0 Å². The van der Waals surface area contributed by atoms with Crippen molar-refractivity contribution in [2.24, 2.45) is 0 Å². The number of aliphatic hydroxyl groups excluding tert-OH is 7. The van der Waals surface area contributed by atoms with Gasteiger partial charge >= 0.3 is 0 Å². The lowest BCUT2D eigenvalue weighted by atomic mass is 10.0. The maximum absolute atomic E-state index is 9.96. The second-order valence-corrected chi connectivity index (χ2v) is 10.4. The van der Waals surface area contributed by atoms with E-state index in [9.17, 15) is 5.11 Å². The number of ether oxygens (including phenoxy) is 4. The van der Waals surface area contributed by atoms with Crippen LogP contribution in [0.15, 0.2) is 91.0 Å². The van der Waals surface area contributed by atoms with E-state index in [-0.39, 0.29) is 18.8 Å². The second kappa shape index (κ2) is 19.6. The van der Waals surface area contributed by atoms with Crippen molar-refractivity contribution >= 4 is 0 Å². The average Bonchev–Trinajstić information content (AvgIpc) is 3.42. The summed E-state index contributed by atoms with van der Waals surface area (Å²) in [6.07, 6.45) is -7.94. The van der Waals surface area contributed by atoms with Crippen molar-refractivity contribution in [1.29, 1.82) is 0 Å². The third kappa shape index (κ3) is 11.3. The van der Waals surface area contributed by atoms with Crippen molar-refractivity contribution in [3.63, 3.8) is 0 Å². The minimum atomic E-state index is -1.67. The number of hydrogen-bond donors (Lipinski definition) is 7. The van der Waals surface area contributed by atoms with Crippen LogP contribution in [0.25, 0.3) is 0 Å². The first-order valence-corrected chi connectivity index (χ1v) is 14.5. The van der Waals surface area contributed by atoms with Gasteiger partial charge in [0.2, 0.25) is 0 Å². The molecule has 11 nitrogen and oxygen atoms in total. The molecule has 0 radical (unpaired) electrons. The highest BCUT2D eigenvalue weighted by molar-refractivity contribution is 5.15. The van der Waals surface area contributed by atoms with Crippen LogP contribution in [-0.4, -0.2) is 111 Å². The lowest BCUT2D eigenvalue weighted by Gasteiger charge is -2.25. The standard InChI is InChI=1S/C27H30O5.C6H14O6/c28-16-24-26(30-18-22-12-6-2-7-13-22)27(31-19-23-14-8-3-9-15-23)25(32-24)20-29-17-21-10-4-1-5-11-21;7-1-3(9)5(11)6(12)4(10)2-8/h1-15,24-28H,16-20H2;3-12H,1-2H2/t24-,25-,26-,27-;3-,4+,5-,6-/m11/s1. The molecule has 1 aliphatic heterocycles. The van der Waals surface area contributed by atoms with E-state index >= 15 is 0 Å². The molecule has 8 atom stereocenters. The molecule has 44 heavy (non-hydrogen) atoms. The Morgan fingerprint density at radius 3 is 1.32 bits per heavy atom. The van der Waals surface area contributed by atoms with Gasteiger partial charge in [-0.1, -0.05) is 91.0 Å². The monoisotopic (exact) mass is 616 g/mol. The van der Waals surface area contributed by atoms with Gasteiger partial charge in [0.05, 0.1) is 46.2 Å². The summed E-state index contributed by atoms with van der Waals surface area (Å²) < 4.78 is 24.6. The number of benzene rings is 3. The Morgan fingerprint density at radius 1 is 0.545 bits per heavy atom. The summed E-state index contributed by atoms with van der Waals surface area (Å²) in [7, 11) is 0. The van der Waals surface area contributed by atoms with E-state index in [1.807, 2.05) is 91.0 Å². The third-order valence-electron chi connectivity index (χ3n) is 7.06. The fourth-order valence-electron chi connectivity index (χ4n) is 4.56. The highest BCUT2D eigenvalue weighted by Gasteiger charge is 2.46. The first-order chi connectivity index (χ1) is 21.4. The molecule has 1 fully saturated rings. The van der Waals surface area contributed by atoms with Gasteiger partial charge in [0.1, 0.15) is 48.8 Å². The van der Waals surface area contributed by atoms with Gasteiger partial charge in [-0.05, 0) is 16.7 Å². The molecule has 4 rings (SSSR count). The van der Waals surface area contributed by atoms with Gasteiger partial charge in [-0.25, -0.2) is 0 Å². The van der Waals surface area contributed by atoms with E-state index in [0.717, 1.165) is 16.7 Å². The molecule has 0 aromatic heterocycles. The number of rotatable bonds is 16. The molecule has 1 aliphatic rings. The first kappa shape index (κ1) is 35.7. The number of aliphatic hydroxyl groups is 7. The van der Waals surface area contributed by atoms with Gasteiger partial charge in [0, 0.05) is 0 Å². The van der Waals surface area contributed by atoms with Gasteiger partial charge in [-0.2, -0.15) is 0 Å². The summed E-state index contributed by atoms with van der Waals surface area (Å²) in [5, 5.41) is 62.1. The Bertz CT molecular complexity index is 1120. The van der Waals surface area contributed by atoms with Gasteiger partial charge in [0.15, 0.2) is 0 Å². The predicted molar refractivity (Wildman–Crippen MR) is 160 cm³/mol. The van der Waals surface area contributed by atoms with Crippen LogP contribution in [0.5, 0.6) is 0 Å². The fraction of sp³-hybridized carbons (Fsp3) is 0.455. The van der Waals surface area contributed by atoms with Gasteiger partial charge < -0.3 is 54.7 Å². The van der Waals surface area contributed by atoms with E-state index in [0.29, 0.717) is 26.4 Å². The molecule has 0 saturated carbocycles. The third-order valence-corrected chi connectivity index (χ3v) is 7.06. The molecule has 0 amide bonds. The fourth-order valence-corrected chi connectivity index (χ4v) is 4.56. The average molecular weight is 617 g/mol. The quantitative estimate of drug-likeness (QED) is 0.120. The molecule has 3 aromatic rings. The predicted octanol–water partition coefficient (Wildman–Crippen LogP) is 0.548. The van der Waals surface area contributed by atoms with E-state index in [1.54, 1.807) is 0 Å². The van der Waals surface area contributed by atoms with Crippen LogP contribution in [0.4, 0.5) is 0 Å². The summed E-state index contributed by atoms with van der Waals surface area (Å²) >= 11 is 0. The maximum atomic E-state index is 9.96. The molecule has 242 valence electrons. The largest absolute Gasteiger partial charge is 0.394 e. The zero-order chi connectivity index (χ0) is 31.7. The van der Waals surface area contributed by atoms with Crippen molar-refractivity contribution < 1.29 is 54.7 Å². The lowest BCUT2D eigenvalue weighted by molar-refractivity contribution is -0.123. The van der Waals surface area contributed by atoms with Crippen molar-refractivity contribution in [3.05, 3.63) is 108 Å². The van der Waals surface area contributed by atoms with Crippen LogP contribution < -0.4 is 0 Å².